The normalized spacial score (nSPS) is 20.0. The Labute approximate surface area is 94.3 Å². The van der Waals surface area contributed by atoms with E-state index in [1.54, 1.807) is 0 Å². The molecule has 1 atom stereocenters. The maximum Gasteiger partial charge on any atom is 0.220 e. The minimum absolute atomic E-state index is 0.165. The zero-order valence-electron chi connectivity index (χ0n) is 8.94. The molecule has 3 rings (SSSR count). The van der Waals surface area contributed by atoms with Crippen LogP contribution < -0.4 is 5.32 Å². The molecular weight excluding hydrogens is 198 g/mol. The molecule has 0 bridgehead atoms. The molecule has 2 nitrogen and oxygen atoms in total. The van der Waals surface area contributed by atoms with Crippen LogP contribution >= 0.6 is 0 Å². The molecule has 1 heterocycles. The first-order chi connectivity index (χ1) is 7.83. The van der Waals surface area contributed by atoms with Crippen molar-refractivity contribution in [1.82, 2.24) is 5.32 Å². The molecule has 1 N–H and O–H groups in total. The van der Waals surface area contributed by atoms with Gasteiger partial charge in [0.15, 0.2) is 0 Å². The van der Waals surface area contributed by atoms with E-state index in [2.05, 4.69) is 35.6 Å². The fourth-order valence-electron chi connectivity index (χ4n) is 2.30. The summed E-state index contributed by atoms with van der Waals surface area (Å²) in [6.45, 7) is 0.775. The van der Waals surface area contributed by atoms with E-state index >= 15 is 0 Å². The van der Waals surface area contributed by atoms with E-state index in [0.717, 1.165) is 6.54 Å². The van der Waals surface area contributed by atoms with Crippen LogP contribution in [0.25, 0.3) is 10.8 Å². The van der Waals surface area contributed by atoms with Crippen LogP contribution in [0, 0.1) is 0 Å². The van der Waals surface area contributed by atoms with Crippen molar-refractivity contribution in [3.8, 4) is 0 Å². The topological polar surface area (TPSA) is 29.1 Å². The van der Waals surface area contributed by atoms with Gasteiger partial charge in [-0.15, -0.1) is 0 Å². The third kappa shape index (κ3) is 1.56. The fourth-order valence-corrected chi connectivity index (χ4v) is 2.30. The summed E-state index contributed by atoms with van der Waals surface area (Å²) in [6.07, 6.45) is 0.623. The van der Waals surface area contributed by atoms with Gasteiger partial charge in [0.1, 0.15) is 0 Å². The van der Waals surface area contributed by atoms with E-state index in [0.29, 0.717) is 12.3 Å². The van der Waals surface area contributed by atoms with Gasteiger partial charge in [-0.1, -0.05) is 42.5 Å². The molecule has 0 spiro atoms. The lowest BCUT2D eigenvalue weighted by Crippen LogP contribution is -2.13. The highest BCUT2D eigenvalue weighted by Gasteiger charge is 2.22. The average Bonchev–Trinajstić information content (AvgIpc) is 2.75. The number of carbonyl (C=O) groups excluding carboxylic acids is 1. The second-order valence-electron chi connectivity index (χ2n) is 4.31. The number of rotatable bonds is 1. The number of hydrogen-bond donors (Lipinski definition) is 1. The highest BCUT2D eigenvalue weighted by atomic mass is 16.1. The summed E-state index contributed by atoms with van der Waals surface area (Å²) in [5.74, 6) is 0.510. The number of amides is 1. The molecule has 1 aliphatic rings. The van der Waals surface area contributed by atoms with E-state index < -0.39 is 0 Å². The van der Waals surface area contributed by atoms with Gasteiger partial charge in [-0.3, -0.25) is 4.79 Å². The monoisotopic (exact) mass is 211 g/mol. The van der Waals surface area contributed by atoms with Crippen molar-refractivity contribution in [1.29, 1.82) is 0 Å². The SMILES string of the molecule is O=C1CC(c2ccc3ccccc3c2)CN1. The Morgan fingerprint density at radius 1 is 1.06 bits per heavy atom. The zero-order chi connectivity index (χ0) is 11.0. The van der Waals surface area contributed by atoms with Crippen molar-refractivity contribution in [2.75, 3.05) is 6.54 Å². The van der Waals surface area contributed by atoms with Gasteiger partial charge in [-0.05, 0) is 16.3 Å². The first-order valence-electron chi connectivity index (χ1n) is 5.58. The molecule has 0 saturated carbocycles. The smallest absolute Gasteiger partial charge is 0.220 e. The van der Waals surface area contributed by atoms with Crippen molar-refractivity contribution in [3.63, 3.8) is 0 Å². The lowest BCUT2D eigenvalue weighted by molar-refractivity contribution is -0.119. The summed E-state index contributed by atoms with van der Waals surface area (Å²) < 4.78 is 0. The molecule has 2 aromatic carbocycles. The Morgan fingerprint density at radius 2 is 1.88 bits per heavy atom. The van der Waals surface area contributed by atoms with Crippen LogP contribution in [-0.4, -0.2) is 12.5 Å². The Morgan fingerprint density at radius 3 is 2.62 bits per heavy atom. The van der Waals surface area contributed by atoms with Crippen molar-refractivity contribution >= 4 is 16.7 Å². The number of benzene rings is 2. The molecule has 1 saturated heterocycles. The van der Waals surface area contributed by atoms with Crippen LogP contribution in [0.5, 0.6) is 0 Å². The predicted molar refractivity (Wildman–Crippen MR) is 64.3 cm³/mol. The molecule has 2 heteroatoms. The van der Waals surface area contributed by atoms with Crippen molar-refractivity contribution in [2.24, 2.45) is 0 Å². The van der Waals surface area contributed by atoms with Gasteiger partial charge in [-0.2, -0.15) is 0 Å². The maximum absolute atomic E-state index is 11.2. The molecule has 0 aromatic heterocycles. The van der Waals surface area contributed by atoms with Crippen LogP contribution in [0.3, 0.4) is 0 Å². The third-order valence-corrected chi connectivity index (χ3v) is 3.22. The zero-order valence-corrected chi connectivity index (χ0v) is 8.94. The highest BCUT2D eigenvalue weighted by molar-refractivity contribution is 5.84. The first-order valence-corrected chi connectivity index (χ1v) is 5.58. The Hall–Kier alpha value is -1.83. The van der Waals surface area contributed by atoms with Gasteiger partial charge < -0.3 is 5.32 Å². The van der Waals surface area contributed by atoms with E-state index in [4.69, 9.17) is 0 Å². The molecule has 80 valence electrons. The highest BCUT2D eigenvalue weighted by Crippen LogP contribution is 2.26. The van der Waals surface area contributed by atoms with Gasteiger partial charge in [-0.25, -0.2) is 0 Å². The molecule has 1 aliphatic heterocycles. The van der Waals surface area contributed by atoms with E-state index in [-0.39, 0.29) is 5.91 Å². The summed E-state index contributed by atoms with van der Waals surface area (Å²) in [6, 6.07) is 14.8. The molecule has 0 aliphatic carbocycles. The Bertz CT molecular complexity index is 547. The minimum Gasteiger partial charge on any atom is -0.355 e. The summed E-state index contributed by atoms with van der Waals surface area (Å²) in [7, 11) is 0. The van der Waals surface area contributed by atoms with Crippen LogP contribution in [-0.2, 0) is 4.79 Å². The molecule has 2 aromatic rings. The first kappa shape index (κ1) is 9.40. The Kier molecular flexibility index (Phi) is 2.13. The van der Waals surface area contributed by atoms with Gasteiger partial charge in [0.25, 0.3) is 0 Å². The lowest BCUT2D eigenvalue weighted by atomic mass is 9.96. The molecule has 1 unspecified atom stereocenters. The molecule has 1 amide bonds. The molecular formula is C14H13NO. The van der Waals surface area contributed by atoms with Gasteiger partial charge in [0, 0.05) is 18.9 Å². The molecule has 1 fully saturated rings. The summed E-state index contributed by atoms with van der Waals surface area (Å²) in [5.41, 5.74) is 1.26. The van der Waals surface area contributed by atoms with Crippen molar-refractivity contribution < 1.29 is 4.79 Å². The number of hydrogen-bond acceptors (Lipinski definition) is 1. The van der Waals surface area contributed by atoms with Gasteiger partial charge >= 0.3 is 0 Å². The predicted octanol–water partition coefficient (Wildman–Crippen LogP) is 2.44. The summed E-state index contributed by atoms with van der Waals surface area (Å²) in [5, 5.41) is 5.38. The van der Waals surface area contributed by atoms with Crippen LogP contribution in [0.2, 0.25) is 0 Å². The number of fused-ring (bicyclic) bond motifs is 1. The number of nitrogens with one attached hydrogen (secondary N) is 1. The quantitative estimate of drug-likeness (QED) is 0.771. The Balaban J connectivity index is 2.02. The van der Waals surface area contributed by atoms with Crippen LogP contribution in [0.4, 0.5) is 0 Å². The average molecular weight is 211 g/mol. The number of carbonyl (C=O) groups is 1. The van der Waals surface area contributed by atoms with E-state index in [9.17, 15) is 4.79 Å². The largest absolute Gasteiger partial charge is 0.355 e. The van der Waals surface area contributed by atoms with Gasteiger partial charge in [0.05, 0.1) is 0 Å². The fraction of sp³-hybridized carbons (Fsp3) is 0.214. The molecule has 16 heavy (non-hydrogen) atoms. The molecule has 0 radical (unpaired) electrons. The van der Waals surface area contributed by atoms with Crippen LogP contribution in [0.15, 0.2) is 42.5 Å². The summed E-state index contributed by atoms with van der Waals surface area (Å²) in [4.78, 5) is 11.2. The van der Waals surface area contributed by atoms with Gasteiger partial charge in [0.2, 0.25) is 5.91 Å². The van der Waals surface area contributed by atoms with Crippen molar-refractivity contribution in [2.45, 2.75) is 12.3 Å². The second-order valence-corrected chi connectivity index (χ2v) is 4.31. The van der Waals surface area contributed by atoms with E-state index in [1.165, 1.54) is 16.3 Å². The second kappa shape index (κ2) is 3.63. The summed E-state index contributed by atoms with van der Waals surface area (Å²) >= 11 is 0. The third-order valence-electron chi connectivity index (χ3n) is 3.22. The van der Waals surface area contributed by atoms with Crippen LogP contribution in [0.1, 0.15) is 17.9 Å². The maximum atomic E-state index is 11.2. The van der Waals surface area contributed by atoms with E-state index in [1.807, 2.05) is 12.1 Å². The van der Waals surface area contributed by atoms with Crippen molar-refractivity contribution in [3.05, 3.63) is 48.0 Å². The lowest BCUT2D eigenvalue weighted by Gasteiger charge is -2.08. The minimum atomic E-state index is 0.165. The standard InChI is InChI=1S/C14H13NO/c16-14-8-13(9-15-14)12-6-5-10-3-1-2-4-11(10)7-12/h1-7,13H,8-9H2,(H,15,16).